The van der Waals surface area contributed by atoms with Crippen molar-refractivity contribution in [2.75, 3.05) is 31.8 Å². The number of benzene rings is 2. The van der Waals surface area contributed by atoms with Gasteiger partial charge in [0.05, 0.1) is 39.2 Å². The summed E-state index contributed by atoms with van der Waals surface area (Å²) in [6, 6.07) is 9.92. The highest BCUT2D eigenvalue weighted by Crippen LogP contribution is 2.49. The van der Waals surface area contributed by atoms with Crippen LogP contribution in [0.2, 0.25) is 0 Å². The summed E-state index contributed by atoms with van der Waals surface area (Å²) in [5, 5.41) is 0. The van der Waals surface area contributed by atoms with Gasteiger partial charge in [0.1, 0.15) is 0 Å². The minimum atomic E-state index is -1.34. The third-order valence-corrected chi connectivity index (χ3v) is 6.13. The van der Waals surface area contributed by atoms with Gasteiger partial charge in [-0.25, -0.2) is 0 Å². The normalized spacial score (nSPS) is 17.2. The van der Waals surface area contributed by atoms with Crippen molar-refractivity contribution in [3.8, 4) is 11.5 Å². The molecule has 0 aliphatic carbocycles. The van der Waals surface area contributed by atoms with Gasteiger partial charge in [0.15, 0.2) is 11.5 Å². The molecular formula is C26H33NO5. The van der Waals surface area contributed by atoms with E-state index in [9.17, 15) is 4.79 Å². The van der Waals surface area contributed by atoms with E-state index in [1.165, 1.54) is 0 Å². The first-order valence-corrected chi connectivity index (χ1v) is 11.4. The average Bonchev–Trinajstić information content (AvgIpc) is 3.01. The second kappa shape index (κ2) is 9.12. The molecule has 4 rings (SSSR count). The zero-order valence-electron chi connectivity index (χ0n) is 19.7. The van der Waals surface area contributed by atoms with Crippen molar-refractivity contribution in [2.45, 2.75) is 52.9 Å². The number of aryl methyl sites for hydroxylation is 2. The van der Waals surface area contributed by atoms with Crippen LogP contribution in [0, 0.1) is 19.8 Å². The lowest BCUT2D eigenvalue weighted by Crippen LogP contribution is -2.47. The maximum Gasteiger partial charge on any atom is 0.292 e. The molecule has 2 aromatic rings. The zero-order chi connectivity index (χ0) is 22.9. The minimum Gasteiger partial charge on any atom is -0.493 e. The van der Waals surface area contributed by atoms with Crippen molar-refractivity contribution in [3.63, 3.8) is 0 Å². The number of methoxy groups -OCH3 is 1. The fraction of sp³-hybridized carbons (Fsp3) is 0.500. The summed E-state index contributed by atoms with van der Waals surface area (Å²) in [5.74, 6) is 0.449. The Balaban J connectivity index is 1.65. The van der Waals surface area contributed by atoms with E-state index in [1.54, 1.807) is 12.0 Å². The van der Waals surface area contributed by atoms with Crippen molar-refractivity contribution in [1.82, 2.24) is 0 Å². The van der Waals surface area contributed by atoms with Crippen molar-refractivity contribution in [3.05, 3.63) is 52.6 Å². The van der Waals surface area contributed by atoms with Gasteiger partial charge in [-0.05, 0) is 61.4 Å². The smallest absolute Gasteiger partial charge is 0.292 e. The molecule has 0 aromatic heterocycles. The average molecular weight is 440 g/mol. The topological polar surface area (TPSA) is 57.2 Å². The van der Waals surface area contributed by atoms with Gasteiger partial charge in [0.2, 0.25) is 0 Å². The number of fused-ring (bicyclic) bond motifs is 2. The highest BCUT2D eigenvalue weighted by molar-refractivity contribution is 6.07. The maximum atomic E-state index is 13.7. The SMILES string of the molecule is COc1cc(CN2C(=O)C3(OCCCO3)c3c(C)ccc(C)c32)ccc1OCCC(C)C. The van der Waals surface area contributed by atoms with E-state index in [0.29, 0.717) is 43.8 Å². The Bertz CT molecular complexity index is 994. The lowest BCUT2D eigenvalue weighted by Gasteiger charge is -2.33. The van der Waals surface area contributed by atoms with E-state index in [1.807, 2.05) is 44.2 Å². The summed E-state index contributed by atoms with van der Waals surface area (Å²) in [7, 11) is 1.64. The van der Waals surface area contributed by atoms with E-state index < -0.39 is 5.79 Å². The van der Waals surface area contributed by atoms with E-state index in [0.717, 1.165) is 40.8 Å². The van der Waals surface area contributed by atoms with Crippen LogP contribution in [0.25, 0.3) is 0 Å². The lowest BCUT2D eigenvalue weighted by atomic mass is 9.97. The molecule has 1 fully saturated rings. The van der Waals surface area contributed by atoms with Crippen molar-refractivity contribution >= 4 is 11.6 Å². The van der Waals surface area contributed by atoms with Crippen LogP contribution in [0.5, 0.6) is 11.5 Å². The molecule has 0 N–H and O–H groups in total. The second-order valence-electron chi connectivity index (χ2n) is 9.00. The summed E-state index contributed by atoms with van der Waals surface area (Å²) in [5.41, 5.74) is 4.69. The van der Waals surface area contributed by atoms with Crippen LogP contribution in [0.3, 0.4) is 0 Å². The quantitative estimate of drug-likeness (QED) is 0.616. The molecule has 0 unspecified atom stereocenters. The zero-order valence-corrected chi connectivity index (χ0v) is 19.7. The molecule has 0 atom stereocenters. The number of nitrogens with zero attached hydrogens (tertiary/aromatic N) is 1. The van der Waals surface area contributed by atoms with E-state index >= 15 is 0 Å². The summed E-state index contributed by atoms with van der Waals surface area (Å²) in [6.07, 6.45) is 1.76. The van der Waals surface area contributed by atoms with Crippen LogP contribution in [0.1, 0.15) is 48.9 Å². The molecule has 2 heterocycles. The summed E-state index contributed by atoms with van der Waals surface area (Å²) < 4.78 is 23.6. The Hall–Kier alpha value is -2.57. The lowest BCUT2D eigenvalue weighted by molar-refractivity contribution is -0.257. The number of anilines is 1. The summed E-state index contributed by atoms with van der Waals surface area (Å²) in [4.78, 5) is 15.5. The Kier molecular flexibility index (Phi) is 6.45. The van der Waals surface area contributed by atoms with Crippen LogP contribution in [0.15, 0.2) is 30.3 Å². The van der Waals surface area contributed by atoms with Crippen LogP contribution < -0.4 is 14.4 Å². The van der Waals surface area contributed by atoms with E-state index in [4.69, 9.17) is 18.9 Å². The standard InChI is InChI=1S/C26H33NO5/c1-17(2)11-14-30-21-10-9-20(15-22(21)29-5)16-27-24-19(4)8-7-18(3)23(24)26(25(27)28)31-12-6-13-32-26/h7-10,15,17H,6,11-14,16H2,1-5H3. The summed E-state index contributed by atoms with van der Waals surface area (Å²) >= 11 is 0. The Morgan fingerprint density at radius 3 is 2.47 bits per heavy atom. The molecule has 2 aromatic carbocycles. The van der Waals surface area contributed by atoms with Crippen LogP contribution in [-0.4, -0.2) is 32.8 Å². The minimum absolute atomic E-state index is 0.166. The maximum absolute atomic E-state index is 13.7. The van der Waals surface area contributed by atoms with Crippen molar-refractivity contribution in [2.24, 2.45) is 5.92 Å². The number of carbonyl (C=O) groups excluding carboxylic acids is 1. The molecule has 0 saturated carbocycles. The molecule has 0 radical (unpaired) electrons. The predicted octanol–water partition coefficient (Wildman–Crippen LogP) is 4.87. The highest BCUT2D eigenvalue weighted by Gasteiger charge is 2.56. The molecule has 2 aliphatic heterocycles. The third-order valence-electron chi connectivity index (χ3n) is 6.13. The molecular weight excluding hydrogens is 406 g/mol. The van der Waals surface area contributed by atoms with Crippen LogP contribution in [0.4, 0.5) is 5.69 Å². The monoisotopic (exact) mass is 439 g/mol. The summed E-state index contributed by atoms with van der Waals surface area (Å²) in [6.45, 7) is 10.4. The van der Waals surface area contributed by atoms with E-state index in [-0.39, 0.29) is 5.91 Å². The highest BCUT2D eigenvalue weighted by atomic mass is 16.7. The van der Waals surface area contributed by atoms with Gasteiger partial charge in [0, 0.05) is 5.56 Å². The number of hydrogen-bond donors (Lipinski definition) is 0. The van der Waals surface area contributed by atoms with Crippen molar-refractivity contribution < 1.29 is 23.7 Å². The number of ether oxygens (including phenoxy) is 4. The predicted molar refractivity (Wildman–Crippen MR) is 123 cm³/mol. The molecule has 6 heteroatoms. The fourth-order valence-electron chi connectivity index (χ4n) is 4.41. The molecule has 1 saturated heterocycles. The molecule has 0 bridgehead atoms. The first-order valence-electron chi connectivity index (χ1n) is 11.4. The van der Waals surface area contributed by atoms with Gasteiger partial charge in [0.25, 0.3) is 11.7 Å². The Morgan fingerprint density at radius 1 is 1.06 bits per heavy atom. The first kappa shape index (κ1) is 22.6. The van der Waals surface area contributed by atoms with Gasteiger partial charge >= 0.3 is 0 Å². The third kappa shape index (κ3) is 3.97. The van der Waals surface area contributed by atoms with E-state index in [2.05, 4.69) is 13.8 Å². The molecule has 2 aliphatic rings. The van der Waals surface area contributed by atoms with Gasteiger partial charge in [-0.3, -0.25) is 4.79 Å². The molecule has 6 nitrogen and oxygen atoms in total. The number of rotatable bonds is 7. The molecule has 172 valence electrons. The van der Waals surface area contributed by atoms with Gasteiger partial charge in [-0.15, -0.1) is 0 Å². The molecule has 32 heavy (non-hydrogen) atoms. The number of hydrogen-bond acceptors (Lipinski definition) is 5. The second-order valence-corrected chi connectivity index (χ2v) is 9.00. The first-order chi connectivity index (χ1) is 15.4. The Morgan fingerprint density at radius 2 is 1.78 bits per heavy atom. The largest absolute Gasteiger partial charge is 0.493 e. The van der Waals surface area contributed by atoms with Gasteiger partial charge < -0.3 is 23.8 Å². The van der Waals surface area contributed by atoms with Crippen LogP contribution >= 0.6 is 0 Å². The molecule has 1 spiro atoms. The Labute approximate surface area is 190 Å². The molecule has 1 amide bonds. The van der Waals surface area contributed by atoms with Crippen LogP contribution in [-0.2, 0) is 26.6 Å². The van der Waals surface area contributed by atoms with Crippen molar-refractivity contribution in [1.29, 1.82) is 0 Å². The number of carbonyl (C=O) groups is 1. The number of amides is 1. The van der Waals surface area contributed by atoms with Gasteiger partial charge in [-0.2, -0.15) is 0 Å². The fourth-order valence-corrected chi connectivity index (χ4v) is 4.41. The van der Waals surface area contributed by atoms with Gasteiger partial charge in [-0.1, -0.05) is 32.0 Å².